The van der Waals surface area contributed by atoms with Gasteiger partial charge < -0.3 is 4.74 Å². The molecule has 0 unspecified atom stereocenters. The van der Waals surface area contributed by atoms with Gasteiger partial charge in [0.2, 0.25) is 0 Å². The summed E-state index contributed by atoms with van der Waals surface area (Å²) in [5.41, 5.74) is 8.18. The highest BCUT2D eigenvalue weighted by atomic mass is 32.1. The van der Waals surface area contributed by atoms with E-state index in [1.807, 2.05) is 24.6 Å². The monoisotopic (exact) mass is 415 g/mol. The molecule has 0 fully saturated rings. The van der Waals surface area contributed by atoms with Crippen molar-refractivity contribution in [1.29, 1.82) is 0 Å². The average molecular weight is 416 g/mol. The third-order valence-corrected chi connectivity index (χ3v) is 6.83. The molecule has 0 aliphatic carbocycles. The number of aromatic nitrogens is 2. The van der Waals surface area contributed by atoms with Gasteiger partial charge >= 0.3 is 0 Å². The van der Waals surface area contributed by atoms with Crippen molar-refractivity contribution in [3.05, 3.63) is 82.6 Å². The van der Waals surface area contributed by atoms with Crippen LogP contribution in [0.4, 0.5) is 0 Å². The summed E-state index contributed by atoms with van der Waals surface area (Å²) in [6.45, 7) is 6.39. The van der Waals surface area contributed by atoms with Crippen LogP contribution in [0.5, 0.6) is 11.5 Å². The predicted octanol–water partition coefficient (Wildman–Crippen LogP) is 5.95. The fourth-order valence-corrected chi connectivity index (χ4v) is 4.82. The maximum absolute atomic E-state index is 6.04. The molecule has 152 valence electrons. The SMILES string of the molecule is Cc1ccc(Oc2ccc3c(c2)CCN([C@H](C)c2ccc4scnc4c2)CC3)cn1. The van der Waals surface area contributed by atoms with Gasteiger partial charge in [0.05, 0.1) is 21.9 Å². The Labute approximate surface area is 181 Å². The molecule has 0 saturated heterocycles. The van der Waals surface area contributed by atoms with Gasteiger partial charge in [0.1, 0.15) is 11.5 Å². The van der Waals surface area contributed by atoms with Crippen molar-refractivity contribution in [1.82, 2.24) is 14.9 Å². The Morgan fingerprint density at radius 1 is 0.933 bits per heavy atom. The van der Waals surface area contributed by atoms with Crippen molar-refractivity contribution in [2.24, 2.45) is 0 Å². The minimum Gasteiger partial charge on any atom is -0.456 e. The lowest BCUT2D eigenvalue weighted by atomic mass is 10.0. The van der Waals surface area contributed by atoms with E-state index in [0.717, 1.165) is 48.6 Å². The summed E-state index contributed by atoms with van der Waals surface area (Å²) in [6, 6.07) is 17.5. The first kappa shape index (κ1) is 19.2. The minimum atomic E-state index is 0.375. The molecule has 3 heterocycles. The molecule has 2 aromatic carbocycles. The maximum Gasteiger partial charge on any atom is 0.145 e. The molecular weight excluding hydrogens is 390 g/mol. The number of ether oxygens (including phenoxy) is 1. The van der Waals surface area contributed by atoms with Gasteiger partial charge in [-0.15, -0.1) is 11.3 Å². The molecule has 4 nitrogen and oxygen atoms in total. The van der Waals surface area contributed by atoms with Crippen LogP contribution in [0.2, 0.25) is 0 Å². The van der Waals surface area contributed by atoms with E-state index < -0.39 is 0 Å². The van der Waals surface area contributed by atoms with Crippen LogP contribution in [0.25, 0.3) is 10.2 Å². The van der Waals surface area contributed by atoms with E-state index in [4.69, 9.17) is 4.74 Å². The first-order valence-corrected chi connectivity index (χ1v) is 11.3. The third kappa shape index (κ3) is 3.95. The van der Waals surface area contributed by atoms with Gasteiger partial charge in [0.25, 0.3) is 0 Å². The molecule has 1 atom stereocenters. The summed E-state index contributed by atoms with van der Waals surface area (Å²) < 4.78 is 7.29. The van der Waals surface area contributed by atoms with Crippen molar-refractivity contribution in [3.8, 4) is 11.5 Å². The predicted molar refractivity (Wildman–Crippen MR) is 123 cm³/mol. The smallest absolute Gasteiger partial charge is 0.145 e. The zero-order valence-electron chi connectivity index (χ0n) is 17.3. The second-order valence-corrected chi connectivity index (χ2v) is 8.85. The van der Waals surface area contributed by atoms with Gasteiger partial charge in [-0.2, -0.15) is 0 Å². The number of fused-ring (bicyclic) bond motifs is 2. The Bertz CT molecular complexity index is 1170. The van der Waals surface area contributed by atoms with Crippen LogP contribution in [0.15, 0.2) is 60.2 Å². The van der Waals surface area contributed by atoms with Crippen molar-refractivity contribution < 1.29 is 4.74 Å². The molecular formula is C25H25N3OS. The standard InChI is InChI=1S/C25H25N3OS/c1-17-3-6-23(15-26-17)29-22-7-4-19-9-11-28(12-10-21(19)13-22)18(2)20-5-8-25-24(14-20)27-16-30-25/h3-8,13-16,18H,9-12H2,1-2H3/t18-/m1/s1. The number of benzene rings is 2. The molecule has 1 aliphatic rings. The van der Waals surface area contributed by atoms with Gasteiger partial charge in [-0.05, 0) is 79.8 Å². The fraction of sp³-hybridized carbons (Fsp3) is 0.280. The molecule has 2 aromatic heterocycles. The van der Waals surface area contributed by atoms with Crippen LogP contribution < -0.4 is 4.74 Å². The van der Waals surface area contributed by atoms with Crippen LogP contribution in [-0.2, 0) is 12.8 Å². The van der Waals surface area contributed by atoms with Gasteiger partial charge in [0.15, 0.2) is 0 Å². The quantitative estimate of drug-likeness (QED) is 0.413. The van der Waals surface area contributed by atoms with E-state index in [1.165, 1.54) is 21.4 Å². The van der Waals surface area contributed by atoms with Crippen LogP contribution >= 0.6 is 11.3 Å². The molecule has 0 radical (unpaired) electrons. The van der Waals surface area contributed by atoms with Gasteiger partial charge in [0, 0.05) is 24.8 Å². The number of thiazole rings is 1. The molecule has 0 spiro atoms. The lowest BCUT2D eigenvalue weighted by molar-refractivity contribution is 0.221. The van der Waals surface area contributed by atoms with E-state index in [2.05, 4.69) is 58.2 Å². The second kappa shape index (κ2) is 8.17. The molecule has 0 saturated carbocycles. The molecule has 0 amide bonds. The number of rotatable bonds is 4. The Morgan fingerprint density at radius 3 is 2.60 bits per heavy atom. The van der Waals surface area contributed by atoms with Crippen molar-refractivity contribution in [3.63, 3.8) is 0 Å². The van der Waals surface area contributed by atoms with Crippen molar-refractivity contribution >= 4 is 21.6 Å². The summed E-state index contributed by atoms with van der Waals surface area (Å²) in [7, 11) is 0. The van der Waals surface area contributed by atoms with E-state index in [9.17, 15) is 0 Å². The summed E-state index contributed by atoms with van der Waals surface area (Å²) >= 11 is 1.70. The zero-order chi connectivity index (χ0) is 20.5. The van der Waals surface area contributed by atoms with Crippen molar-refractivity contribution in [2.45, 2.75) is 32.7 Å². The fourth-order valence-electron chi connectivity index (χ4n) is 4.17. The zero-order valence-corrected chi connectivity index (χ0v) is 18.2. The number of aryl methyl sites for hydroxylation is 1. The van der Waals surface area contributed by atoms with E-state index >= 15 is 0 Å². The minimum absolute atomic E-state index is 0.375. The summed E-state index contributed by atoms with van der Waals surface area (Å²) in [5.74, 6) is 1.66. The van der Waals surface area contributed by atoms with Crippen molar-refractivity contribution in [2.75, 3.05) is 13.1 Å². The third-order valence-electron chi connectivity index (χ3n) is 6.02. The average Bonchev–Trinajstić information content (AvgIpc) is 3.13. The Morgan fingerprint density at radius 2 is 1.77 bits per heavy atom. The van der Waals surface area contributed by atoms with Crippen LogP contribution in [-0.4, -0.2) is 28.0 Å². The first-order valence-electron chi connectivity index (χ1n) is 10.5. The van der Waals surface area contributed by atoms with E-state index in [1.54, 1.807) is 17.5 Å². The maximum atomic E-state index is 6.04. The highest BCUT2D eigenvalue weighted by molar-refractivity contribution is 7.16. The normalized spacial score (nSPS) is 15.5. The van der Waals surface area contributed by atoms with Gasteiger partial charge in [-0.25, -0.2) is 4.98 Å². The largest absolute Gasteiger partial charge is 0.456 e. The van der Waals surface area contributed by atoms with Gasteiger partial charge in [-0.3, -0.25) is 9.88 Å². The number of hydrogen-bond acceptors (Lipinski definition) is 5. The van der Waals surface area contributed by atoms with E-state index in [-0.39, 0.29) is 0 Å². The highest BCUT2D eigenvalue weighted by Crippen LogP contribution is 2.30. The topological polar surface area (TPSA) is 38.2 Å². The van der Waals surface area contributed by atoms with Gasteiger partial charge in [-0.1, -0.05) is 12.1 Å². The van der Waals surface area contributed by atoms with Crippen LogP contribution in [0.3, 0.4) is 0 Å². The molecule has 4 aromatic rings. The van der Waals surface area contributed by atoms with Crippen LogP contribution in [0.1, 0.15) is 35.3 Å². The Kier molecular flexibility index (Phi) is 5.23. The number of nitrogens with zero attached hydrogens (tertiary/aromatic N) is 3. The highest BCUT2D eigenvalue weighted by Gasteiger charge is 2.20. The Balaban J connectivity index is 1.30. The molecule has 1 aliphatic heterocycles. The van der Waals surface area contributed by atoms with E-state index in [0.29, 0.717) is 6.04 Å². The van der Waals surface area contributed by atoms with Crippen LogP contribution in [0, 0.1) is 6.92 Å². The summed E-state index contributed by atoms with van der Waals surface area (Å²) in [4.78, 5) is 11.4. The Hall–Kier alpha value is -2.76. The first-order chi connectivity index (χ1) is 14.7. The molecule has 0 N–H and O–H groups in total. The molecule has 0 bridgehead atoms. The summed E-state index contributed by atoms with van der Waals surface area (Å²) in [6.07, 6.45) is 3.87. The number of hydrogen-bond donors (Lipinski definition) is 0. The molecule has 30 heavy (non-hydrogen) atoms. The lowest BCUT2D eigenvalue weighted by Crippen LogP contribution is -2.29. The molecule has 5 heteroatoms. The molecule has 5 rings (SSSR count). The summed E-state index contributed by atoms with van der Waals surface area (Å²) in [5, 5.41) is 0. The number of pyridine rings is 1. The second-order valence-electron chi connectivity index (χ2n) is 7.96. The lowest BCUT2D eigenvalue weighted by Gasteiger charge is -2.28.